The Hall–Kier alpha value is -3.43. The van der Waals surface area contributed by atoms with Gasteiger partial charge in [0.25, 0.3) is 0 Å². The number of carbonyl (C=O) groups is 1. The van der Waals surface area contributed by atoms with Gasteiger partial charge >= 0.3 is 0 Å². The number of hydrogen-bond donors (Lipinski definition) is 3. The maximum Gasteiger partial charge on any atom is 0.244 e. The molecule has 0 aliphatic carbocycles. The lowest BCUT2D eigenvalue weighted by Gasteiger charge is -2.36. The van der Waals surface area contributed by atoms with Crippen molar-refractivity contribution in [2.24, 2.45) is 11.7 Å². The van der Waals surface area contributed by atoms with Crippen LogP contribution in [-0.4, -0.2) is 55.2 Å². The summed E-state index contributed by atoms with van der Waals surface area (Å²) in [6.45, 7) is 1.93. The molecule has 8 nitrogen and oxygen atoms in total. The number of likely N-dealkylation sites (tertiary alicyclic amines) is 1. The highest BCUT2D eigenvalue weighted by Gasteiger charge is 2.39. The van der Waals surface area contributed by atoms with Crippen LogP contribution in [0.1, 0.15) is 24.0 Å². The zero-order chi connectivity index (χ0) is 25.3. The van der Waals surface area contributed by atoms with Crippen LogP contribution >= 0.6 is 0 Å². The summed E-state index contributed by atoms with van der Waals surface area (Å²) in [7, 11) is -3.93. The zero-order valence-electron chi connectivity index (χ0n) is 20.1. The molecule has 4 N–H and O–H groups in total. The van der Waals surface area contributed by atoms with Gasteiger partial charge in [-0.25, -0.2) is 8.42 Å². The number of rotatable bonds is 5. The largest absolute Gasteiger partial charge is 0.370 e. The van der Waals surface area contributed by atoms with E-state index < -0.39 is 16.1 Å². The molecule has 36 heavy (non-hydrogen) atoms. The number of fused-ring (bicyclic) bond motifs is 2. The number of nitrogens with zero attached hydrogens (tertiary/aromatic N) is 2. The summed E-state index contributed by atoms with van der Waals surface area (Å²) < 4.78 is 29.1. The molecular weight excluding hydrogens is 474 g/mol. The second-order valence-electron chi connectivity index (χ2n) is 9.63. The van der Waals surface area contributed by atoms with Crippen molar-refractivity contribution in [3.63, 3.8) is 0 Å². The number of carbonyl (C=O) groups excluding carboxylic acids is 1. The second kappa shape index (κ2) is 9.91. The van der Waals surface area contributed by atoms with E-state index in [4.69, 9.17) is 11.1 Å². The lowest BCUT2D eigenvalue weighted by atomic mass is 9.94. The second-order valence-corrected chi connectivity index (χ2v) is 11.5. The van der Waals surface area contributed by atoms with Gasteiger partial charge in [0.2, 0.25) is 15.9 Å². The highest BCUT2D eigenvalue weighted by atomic mass is 32.2. The molecule has 2 aliphatic heterocycles. The van der Waals surface area contributed by atoms with E-state index in [0.29, 0.717) is 19.5 Å². The zero-order valence-corrected chi connectivity index (χ0v) is 20.9. The van der Waals surface area contributed by atoms with Gasteiger partial charge in [0.15, 0.2) is 5.96 Å². The predicted octanol–water partition coefficient (Wildman–Crippen LogP) is 2.68. The third-order valence-corrected chi connectivity index (χ3v) is 9.11. The molecule has 2 atom stereocenters. The first-order chi connectivity index (χ1) is 17.3. The third kappa shape index (κ3) is 4.81. The summed E-state index contributed by atoms with van der Waals surface area (Å²) in [6.07, 6.45) is 2.15. The molecule has 0 bridgehead atoms. The highest BCUT2D eigenvalue weighted by molar-refractivity contribution is 7.89. The van der Waals surface area contributed by atoms with Gasteiger partial charge in [0, 0.05) is 26.2 Å². The SMILES string of the molecule is N=C(N)N1CCC[C@@H](CNC(=O)[C@H]2Cc3ccccc3CN2S(=O)(=O)c2ccc3ccccc3c2)C1. The van der Waals surface area contributed by atoms with Crippen LogP contribution in [0, 0.1) is 11.3 Å². The van der Waals surface area contributed by atoms with Crippen LogP contribution in [-0.2, 0) is 27.8 Å². The van der Waals surface area contributed by atoms with Crippen LogP contribution in [0.4, 0.5) is 0 Å². The number of nitrogens with one attached hydrogen (secondary N) is 2. The molecule has 0 spiro atoms. The van der Waals surface area contributed by atoms with Gasteiger partial charge in [-0.2, -0.15) is 4.31 Å². The topological polar surface area (TPSA) is 120 Å². The predicted molar refractivity (Wildman–Crippen MR) is 140 cm³/mol. The number of benzene rings is 3. The van der Waals surface area contributed by atoms with E-state index in [-0.39, 0.29) is 29.2 Å². The van der Waals surface area contributed by atoms with Crippen LogP contribution in [0.3, 0.4) is 0 Å². The Morgan fingerprint density at radius 3 is 2.53 bits per heavy atom. The molecule has 1 fully saturated rings. The molecule has 188 valence electrons. The number of nitrogens with two attached hydrogens (primary N) is 1. The first-order valence-corrected chi connectivity index (χ1v) is 13.7. The third-order valence-electron chi connectivity index (χ3n) is 7.26. The minimum atomic E-state index is -3.93. The number of amides is 1. The fraction of sp³-hybridized carbons (Fsp3) is 0.333. The first-order valence-electron chi connectivity index (χ1n) is 12.3. The van der Waals surface area contributed by atoms with Gasteiger partial charge in [0.1, 0.15) is 6.04 Å². The molecule has 0 aromatic heterocycles. The summed E-state index contributed by atoms with van der Waals surface area (Å²) >= 11 is 0. The lowest BCUT2D eigenvalue weighted by Crippen LogP contribution is -2.54. The molecule has 9 heteroatoms. The molecule has 0 saturated carbocycles. The van der Waals surface area contributed by atoms with E-state index in [1.54, 1.807) is 18.2 Å². The average Bonchev–Trinajstić information content (AvgIpc) is 2.90. The Kier molecular flexibility index (Phi) is 6.68. The summed E-state index contributed by atoms with van der Waals surface area (Å²) in [5, 5.41) is 12.5. The smallest absolute Gasteiger partial charge is 0.244 e. The Labute approximate surface area is 211 Å². The van der Waals surface area contributed by atoms with E-state index in [0.717, 1.165) is 41.3 Å². The minimum absolute atomic E-state index is 0.0440. The maximum absolute atomic E-state index is 13.9. The Balaban J connectivity index is 1.41. The van der Waals surface area contributed by atoms with E-state index >= 15 is 0 Å². The van der Waals surface area contributed by atoms with Crippen LogP contribution in [0.15, 0.2) is 71.6 Å². The molecule has 3 aromatic rings. The number of guanidine groups is 1. The normalized spacial score (nSPS) is 20.6. The van der Waals surface area contributed by atoms with Crippen molar-refractivity contribution in [1.82, 2.24) is 14.5 Å². The Bertz CT molecular complexity index is 1410. The molecule has 5 rings (SSSR count). The van der Waals surface area contributed by atoms with E-state index in [2.05, 4.69) is 5.32 Å². The van der Waals surface area contributed by atoms with Gasteiger partial charge < -0.3 is 16.0 Å². The molecule has 2 heterocycles. The maximum atomic E-state index is 13.9. The van der Waals surface area contributed by atoms with Crippen molar-refractivity contribution in [2.75, 3.05) is 19.6 Å². The molecule has 1 saturated heterocycles. The molecule has 0 radical (unpaired) electrons. The molecule has 0 unspecified atom stereocenters. The van der Waals surface area contributed by atoms with Crippen LogP contribution in [0.5, 0.6) is 0 Å². The quantitative estimate of drug-likeness (QED) is 0.364. The van der Waals surface area contributed by atoms with E-state index in [1.807, 2.05) is 53.4 Å². The van der Waals surface area contributed by atoms with Crippen molar-refractivity contribution in [2.45, 2.75) is 36.7 Å². The average molecular weight is 506 g/mol. The highest BCUT2D eigenvalue weighted by Crippen LogP contribution is 2.30. The van der Waals surface area contributed by atoms with Gasteiger partial charge in [-0.15, -0.1) is 0 Å². The van der Waals surface area contributed by atoms with Gasteiger partial charge in [0.05, 0.1) is 4.90 Å². The van der Waals surface area contributed by atoms with Crippen LogP contribution in [0.25, 0.3) is 10.8 Å². The van der Waals surface area contributed by atoms with Crippen molar-refractivity contribution in [3.8, 4) is 0 Å². The van der Waals surface area contributed by atoms with Crippen molar-refractivity contribution in [1.29, 1.82) is 5.41 Å². The number of piperidine rings is 1. The van der Waals surface area contributed by atoms with Gasteiger partial charge in [-0.05, 0) is 59.2 Å². The van der Waals surface area contributed by atoms with Crippen molar-refractivity contribution in [3.05, 3.63) is 77.9 Å². The fourth-order valence-electron chi connectivity index (χ4n) is 5.25. The summed E-state index contributed by atoms with van der Waals surface area (Å²) in [5.74, 6) is -0.0931. The summed E-state index contributed by atoms with van der Waals surface area (Å²) in [5.41, 5.74) is 7.55. The fourth-order valence-corrected chi connectivity index (χ4v) is 6.85. The number of sulfonamides is 1. The molecule has 3 aromatic carbocycles. The molecule has 2 aliphatic rings. The van der Waals surface area contributed by atoms with Crippen molar-refractivity contribution < 1.29 is 13.2 Å². The summed E-state index contributed by atoms with van der Waals surface area (Å²) in [6, 6.07) is 19.6. The van der Waals surface area contributed by atoms with Gasteiger partial charge in [-0.3, -0.25) is 10.2 Å². The molecular formula is C27H31N5O3S. The van der Waals surface area contributed by atoms with Gasteiger partial charge in [-0.1, -0.05) is 54.6 Å². The minimum Gasteiger partial charge on any atom is -0.370 e. The standard InChI is InChI=1S/C27H31N5O3S/c28-27(29)31-13-5-6-19(17-31)16-30-26(33)25-15-22-9-3-4-10-23(22)18-32(25)36(34,35)24-12-11-20-7-1-2-8-21(20)14-24/h1-4,7-12,14,19,25H,5-6,13,15-18H2,(H3,28,29)(H,30,33)/t19-,25+/m0/s1. The van der Waals surface area contributed by atoms with E-state index in [9.17, 15) is 13.2 Å². The lowest BCUT2D eigenvalue weighted by molar-refractivity contribution is -0.125. The molecule has 1 amide bonds. The van der Waals surface area contributed by atoms with E-state index in [1.165, 1.54) is 4.31 Å². The first kappa shape index (κ1) is 24.3. The van der Waals surface area contributed by atoms with Crippen LogP contribution in [0.2, 0.25) is 0 Å². The Morgan fingerprint density at radius 2 is 1.75 bits per heavy atom. The van der Waals surface area contributed by atoms with Crippen molar-refractivity contribution >= 4 is 32.7 Å². The monoisotopic (exact) mass is 505 g/mol. The summed E-state index contributed by atoms with van der Waals surface area (Å²) in [4.78, 5) is 15.5. The Morgan fingerprint density at radius 1 is 1.03 bits per heavy atom. The van der Waals surface area contributed by atoms with Crippen LogP contribution < -0.4 is 11.1 Å². The number of hydrogen-bond acceptors (Lipinski definition) is 4.